The van der Waals surface area contributed by atoms with Gasteiger partial charge in [-0.25, -0.2) is 0 Å². The van der Waals surface area contributed by atoms with Crippen molar-refractivity contribution in [3.05, 3.63) is 53.1 Å². The monoisotopic (exact) mass is 384 g/mol. The number of aryl methyl sites for hydroxylation is 1. The molecule has 0 aromatic heterocycles. The lowest BCUT2D eigenvalue weighted by atomic mass is 10.1. The highest BCUT2D eigenvalue weighted by Gasteiger charge is 2.24. The van der Waals surface area contributed by atoms with Gasteiger partial charge in [-0.2, -0.15) is 0 Å². The Labute approximate surface area is 166 Å². The molecular weight excluding hydrogens is 356 g/mol. The summed E-state index contributed by atoms with van der Waals surface area (Å²) in [5, 5.41) is 0. The van der Waals surface area contributed by atoms with Gasteiger partial charge in [0.1, 0.15) is 0 Å². The zero-order chi connectivity index (χ0) is 20.1. The van der Waals surface area contributed by atoms with Gasteiger partial charge in [-0.3, -0.25) is 9.69 Å². The fourth-order valence-electron chi connectivity index (χ4n) is 3.60. The van der Waals surface area contributed by atoms with Crippen LogP contribution in [0.25, 0.3) is 0 Å². The van der Waals surface area contributed by atoms with Crippen LogP contribution in [-0.2, 0) is 6.54 Å². The number of benzene rings is 2. The van der Waals surface area contributed by atoms with Crippen molar-refractivity contribution in [1.82, 2.24) is 9.80 Å². The molecular formula is C22H28N2O4. The van der Waals surface area contributed by atoms with Gasteiger partial charge in [0.15, 0.2) is 11.5 Å². The normalized spacial score (nSPS) is 14.6. The van der Waals surface area contributed by atoms with Crippen molar-refractivity contribution in [2.75, 3.05) is 47.5 Å². The number of nitrogens with zero attached hydrogens (tertiary/aromatic N) is 2. The van der Waals surface area contributed by atoms with Crippen molar-refractivity contribution >= 4 is 5.91 Å². The van der Waals surface area contributed by atoms with Crippen molar-refractivity contribution in [1.29, 1.82) is 0 Å². The van der Waals surface area contributed by atoms with Crippen LogP contribution in [-0.4, -0.2) is 63.2 Å². The number of hydrogen-bond acceptors (Lipinski definition) is 5. The zero-order valence-electron chi connectivity index (χ0n) is 17.0. The van der Waals surface area contributed by atoms with Gasteiger partial charge in [0.25, 0.3) is 5.91 Å². The molecule has 0 bridgehead atoms. The van der Waals surface area contributed by atoms with Crippen LogP contribution in [0.4, 0.5) is 0 Å². The Kier molecular flexibility index (Phi) is 6.41. The fourth-order valence-corrected chi connectivity index (χ4v) is 3.60. The van der Waals surface area contributed by atoms with Crippen molar-refractivity contribution in [3.63, 3.8) is 0 Å². The summed E-state index contributed by atoms with van der Waals surface area (Å²) < 4.78 is 16.4. The van der Waals surface area contributed by atoms with E-state index in [-0.39, 0.29) is 5.91 Å². The number of hydrogen-bond donors (Lipinski definition) is 0. The van der Waals surface area contributed by atoms with E-state index < -0.39 is 0 Å². The Morgan fingerprint density at radius 3 is 2.25 bits per heavy atom. The molecule has 1 fully saturated rings. The number of rotatable bonds is 6. The van der Waals surface area contributed by atoms with Gasteiger partial charge in [0.2, 0.25) is 5.75 Å². The summed E-state index contributed by atoms with van der Waals surface area (Å²) in [6.07, 6.45) is 0. The smallest absolute Gasteiger partial charge is 0.253 e. The van der Waals surface area contributed by atoms with Gasteiger partial charge in [-0.15, -0.1) is 0 Å². The zero-order valence-corrected chi connectivity index (χ0v) is 17.0. The standard InChI is InChI=1S/C22H28N2O4/c1-16-6-5-7-17(14-16)22(25)24-12-10-23(11-13-24)15-18-8-9-19(26-2)21(28-4)20(18)27-3/h5-9,14H,10-13,15H2,1-4H3. The van der Waals surface area contributed by atoms with E-state index in [9.17, 15) is 4.79 Å². The third-order valence-corrected chi connectivity index (χ3v) is 5.10. The van der Waals surface area contributed by atoms with Crippen LogP contribution in [0.5, 0.6) is 17.2 Å². The number of piperazine rings is 1. The predicted octanol–water partition coefficient (Wildman–Crippen LogP) is 2.98. The topological polar surface area (TPSA) is 51.2 Å². The Morgan fingerprint density at radius 1 is 0.929 bits per heavy atom. The Balaban J connectivity index is 1.65. The quantitative estimate of drug-likeness (QED) is 0.766. The second-order valence-corrected chi connectivity index (χ2v) is 6.93. The summed E-state index contributed by atoms with van der Waals surface area (Å²) >= 11 is 0. The molecule has 150 valence electrons. The lowest BCUT2D eigenvalue weighted by molar-refractivity contribution is 0.0627. The second-order valence-electron chi connectivity index (χ2n) is 6.93. The molecule has 1 aliphatic heterocycles. The van der Waals surface area contributed by atoms with Crippen LogP contribution in [0.1, 0.15) is 21.5 Å². The number of ether oxygens (including phenoxy) is 3. The van der Waals surface area contributed by atoms with E-state index >= 15 is 0 Å². The summed E-state index contributed by atoms with van der Waals surface area (Å²) in [5.74, 6) is 2.06. The molecule has 0 saturated carbocycles. The molecule has 1 saturated heterocycles. The van der Waals surface area contributed by atoms with Crippen LogP contribution in [0, 0.1) is 6.92 Å². The van der Waals surface area contributed by atoms with Crippen LogP contribution in [0.3, 0.4) is 0 Å². The second kappa shape index (κ2) is 8.97. The number of amides is 1. The molecule has 6 nitrogen and oxygen atoms in total. The first-order valence-corrected chi connectivity index (χ1v) is 9.43. The number of carbonyl (C=O) groups is 1. The highest BCUT2D eigenvalue weighted by molar-refractivity contribution is 5.94. The minimum atomic E-state index is 0.104. The maximum absolute atomic E-state index is 12.7. The molecule has 1 amide bonds. The molecule has 0 N–H and O–H groups in total. The largest absolute Gasteiger partial charge is 0.493 e. The molecule has 28 heavy (non-hydrogen) atoms. The van der Waals surface area contributed by atoms with Gasteiger partial charge < -0.3 is 19.1 Å². The van der Waals surface area contributed by atoms with Crippen LogP contribution in [0.2, 0.25) is 0 Å². The highest BCUT2D eigenvalue weighted by Crippen LogP contribution is 2.40. The first-order valence-electron chi connectivity index (χ1n) is 9.43. The SMILES string of the molecule is COc1ccc(CN2CCN(C(=O)c3cccc(C)c3)CC2)c(OC)c1OC. The first kappa shape index (κ1) is 20.0. The minimum absolute atomic E-state index is 0.104. The number of methoxy groups -OCH3 is 3. The van der Waals surface area contributed by atoms with Crippen molar-refractivity contribution in [2.24, 2.45) is 0 Å². The average Bonchev–Trinajstić information content (AvgIpc) is 2.73. The molecule has 2 aromatic carbocycles. The Hall–Kier alpha value is -2.73. The van der Waals surface area contributed by atoms with Gasteiger partial charge >= 0.3 is 0 Å². The molecule has 0 atom stereocenters. The van der Waals surface area contributed by atoms with E-state index in [1.54, 1.807) is 21.3 Å². The van der Waals surface area contributed by atoms with Crippen molar-refractivity contribution in [3.8, 4) is 17.2 Å². The molecule has 2 aromatic rings. The third kappa shape index (κ3) is 4.22. The van der Waals surface area contributed by atoms with Gasteiger partial charge in [-0.1, -0.05) is 23.8 Å². The Morgan fingerprint density at radius 2 is 1.64 bits per heavy atom. The predicted molar refractivity (Wildman–Crippen MR) is 108 cm³/mol. The minimum Gasteiger partial charge on any atom is -0.493 e. The molecule has 0 radical (unpaired) electrons. The van der Waals surface area contributed by atoms with Crippen LogP contribution < -0.4 is 14.2 Å². The molecule has 0 unspecified atom stereocenters. The molecule has 1 aliphatic rings. The lowest BCUT2D eigenvalue weighted by Gasteiger charge is -2.35. The average molecular weight is 384 g/mol. The Bertz CT molecular complexity index is 829. The lowest BCUT2D eigenvalue weighted by Crippen LogP contribution is -2.48. The maximum atomic E-state index is 12.7. The van der Waals surface area contributed by atoms with E-state index in [1.165, 1.54) is 0 Å². The van der Waals surface area contributed by atoms with Gasteiger partial charge in [0.05, 0.1) is 21.3 Å². The summed E-state index contributed by atoms with van der Waals surface area (Å²) in [5.41, 5.74) is 2.90. The van der Waals surface area contributed by atoms with E-state index in [4.69, 9.17) is 14.2 Å². The van der Waals surface area contributed by atoms with Gasteiger partial charge in [-0.05, 0) is 25.1 Å². The molecule has 1 heterocycles. The van der Waals surface area contributed by atoms with E-state index in [1.807, 2.05) is 48.2 Å². The van der Waals surface area contributed by atoms with E-state index in [0.29, 0.717) is 30.3 Å². The summed E-state index contributed by atoms with van der Waals surface area (Å²) in [4.78, 5) is 17.0. The van der Waals surface area contributed by atoms with Crippen LogP contribution in [0.15, 0.2) is 36.4 Å². The summed E-state index contributed by atoms with van der Waals surface area (Å²) in [6, 6.07) is 11.7. The third-order valence-electron chi connectivity index (χ3n) is 5.10. The van der Waals surface area contributed by atoms with Crippen molar-refractivity contribution < 1.29 is 19.0 Å². The van der Waals surface area contributed by atoms with Crippen LogP contribution >= 0.6 is 0 Å². The van der Waals surface area contributed by atoms with Gasteiger partial charge in [0, 0.05) is 43.9 Å². The summed E-state index contributed by atoms with van der Waals surface area (Å²) in [7, 11) is 4.86. The van der Waals surface area contributed by atoms with Crippen molar-refractivity contribution in [2.45, 2.75) is 13.5 Å². The first-order chi connectivity index (χ1) is 13.6. The molecule has 0 spiro atoms. The molecule has 6 heteroatoms. The van der Waals surface area contributed by atoms with E-state index in [2.05, 4.69) is 4.90 Å². The number of carbonyl (C=O) groups excluding carboxylic acids is 1. The fraction of sp³-hybridized carbons (Fsp3) is 0.409. The highest BCUT2D eigenvalue weighted by atomic mass is 16.5. The van der Waals surface area contributed by atoms with E-state index in [0.717, 1.165) is 36.3 Å². The summed E-state index contributed by atoms with van der Waals surface area (Å²) in [6.45, 7) is 5.79. The molecule has 0 aliphatic carbocycles. The maximum Gasteiger partial charge on any atom is 0.253 e. The molecule has 3 rings (SSSR count).